The number of aliphatic imine (C=N–C) groups is 2. The smallest absolute Gasteiger partial charge is 0.234 e. The maximum absolute atomic E-state index is 12.5. The number of likely N-dealkylation sites (tertiary alicyclic amines) is 1. The van der Waals surface area contributed by atoms with Crippen LogP contribution in [0.25, 0.3) is 0 Å². The molecule has 0 bridgehead atoms. The molecule has 0 atom stereocenters. The van der Waals surface area contributed by atoms with Crippen molar-refractivity contribution in [3.8, 4) is 0 Å². The Morgan fingerprint density at radius 2 is 1.80 bits per heavy atom. The zero-order valence-corrected chi connectivity index (χ0v) is 19.7. The van der Waals surface area contributed by atoms with E-state index in [1.54, 1.807) is 24.3 Å². The molecule has 8 heteroatoms. The van der Waals surface area contributed by atoms with Gasteiger partial charge in [-0.25, -0.2) is 4.99 Å². The highest BCUT2D eigenvalue weighted by molar-refractivity contribution is 9.10. The molecule has 1 saturated heterocycles. The van der Waals surface area contributed by atoms with Gasteiger partial charge in [0, 0.05) is 46.7 Å². The molecular weight excluding hydrogens is 484 g/mol. The van der Waals surface area contributed by atoms with E-state index in [-0.39, 0.29) is 11.7 Å². The molecule has 2 heterocycles. The molecule has 0 aliphatic carbocycles. The molecule has 4 rings (SSSR count). The third-order valence-electron chi connectivity index (χ3n) is 5.21. The van der Waals surface area contributed by atoms with Crippen LogP contribution in [0, 0.1) is 0 Å². The van der Waals surface area contributed by atoms with E-state index in [2.05, 4.69) is 33.2 Å². The van der Waals surface area contributed by atoms with Gasteiger partial charge in [-0.3, -0.25) is 9.79 Å². The molecule has 0 saturated carbocycles. The first-order valence-corrected chi connectivity index (χ1v) is 11.9. The Balaban J connectivity index is 1.50. The first-order chi connectivity index (χ1) is 14.4. The van der Waals surface area contributed by atoms with Crippen molar-refractivity contribution in [1.82, 2.24) is 4.90 Å². The van der Waals surface area contributed by atoms with Crippen molar-refractivity contribution in [2.45, 2.75) is 18.5 Å². The first kappa shape index (κ1) is 21.6. The van der Waals surface area contributed by atoms with Gasteiger partial charge in [0.1, 0.15) is 5.04 Å². The SMILES string of the molecule is CN1CCC2(CC1)N=C(SCC(=O)Nc1ccc(Cl)cc1)C(c1ccc(Br)cc1)=N2. The number of halogens is 2. The molecule has 0 unspecified atom stereocenters. The Hall–Kier alpha value is -1.67. The largest absolute Gasteiger partial charge is 0.325 e. The van der Waals surface area contributed by atoms with Crippen LogP contribution in [0.1, 0.15) is 18.4 Å². The number of nitrogens with zero attached hydrogens (tertiary/aromatic N) is 3. The Morgan fingerprint density at radius 3 is 2.47 bits per heavy atom. The Kier molecular flexibility index (Phi) is 6.63. The molecular formula is C22H22BrClN4OS. The summed E-state index contributed by atoms with van der Waals surface area (Å²) in [6.45, 7) is 1.94. The lowest BCUT2D eigenvalue weighted by molar-refractivity contribution is -0.113. The van der Waals surface area contributed by atoms with Crippen LogP contribution in [-0.4, -0.2) is 53.1 Å². The lowest BCUT2D eigenvalue weighted by Crippen LogP contribution is -2.39. The van der Waals surface area contributed by atoms with Crippen LogP contribution < -0.4 is 5.32 Å². The number of piperidine rings is 1. The number of anilines is 1. The van der Waals surface area contributed by atoms with Crippen LogP contribution in [0.4, 0.5) is 5.69 Å². The van der Waals surface area contributed by atoms with Gasteiger partial charge in [0.2, 0.25) is 5.91 Å². The molecule has 5 nitrogen and oxygen atoms in total. The Bertz CT molecular complexity index is 983. The fraction of sp³-hybridized carbons (Fsp3) is 0.318. The van der Waals surface area contributed by atoms with Crippen molar-refractivity contribution in [3.05, 3.63) is 63.6 Å². The molecule has 2 aliphatic heterocycles. The van der Waals surface area contributed by atoms with E-state index >= 15 is 0 Å². The second kappa shape index (κ2) is 9.22. The van der Waals surface area contributed by atoms with Crippen molar-refractivity contribution in [2.75, 3.05) is 31.2 Å². The van der Waals surface area contributed by atoms with E-state index in [1.807, 2.05) is 24.3 Å². The topological polar surface area (TPSA) is 57.1 Å². The van der Waals surface area contributed by atoms with Crippen molar-refractivity contribution >= 4 is 61.6 Å². The van der Waals surface area contributed by atoms with E-state index in [1.165, 1.54) is 11.8 Å². The summed E-state index contributed by atoms with van der Waals surface area (Å²) in [6.07, 6.45) is 1.79. The summed E-state index contributed by atoms with van der Waals surface area (Å²) in [7, 11) is 2.13. The molecule has 1 spiro atoms. The fourth-order valence-electron chi connectivity index (χ4n) is 3.48. The van der Waals surface area contributed by atoms with Gasteiger partial charge in [0.25, 0.3) is 0 Å². The summed E-state index contributed by atoms with van der Waals surface area (Å²) in [5, 5.41) is 4.39. The monoisotopic (exact) mass is 504 g/mol. The number of amides is 1. The second-order valence-electron chi connectivity index (χ2n) is 7.51. The summed E-state index contributed by atoms with van der Waals surface area (Å²) in [5.74, 6) is 0.192. The molecule has 156 valence electrons. The van der Waals surface area contributed by atoms with E-state index < -0.39 is 5.66 Å². The number of rotatable bonds is 4. The average Bonchev–Trinajstić information content (AvgIpc) is 3.09. The molecule has 0 aromatic heterocycles. The van der Waals surface area contributed by atoms with Gasteiger partial charge in [0.05, 0.1) is 11.5 Å². The van der Waals surface area contributed by atoms with Crippen LogP contribution >= 0.6 is 39.3 Å². The second-order valence-corrected chi connectivity index (χ2v) is 9.83. The minimum Gasteiger partial charge on any atom is -0.325 e. The summed E-state index contributed by atoms with van der Waals surface area (Å²) < 4.78 is 1.02. The number of hydrogen-bond acceptors (Lipinski definition) is 5. The van der Waals surface area contributed by atoms with Gasteiger partial charge in [-0.05, 0) is 43.4 Å². The predicted molar refractivity (Wildman–Crippen MR) is 130 cm³/mol. The number of carbonyl (C=O) groups is 1. The summed E-state index contributed by atoms with van der Waals surface area (Å²) in [5.41, 5.74) is 2.24. The van der Waals surface area contributed by atoms with Crippen molar-refractivity contribution in [3.63, 3.8) is 0 Å². The number of benzene rings is 2. The van der Waals surface area contributed by atoms with Crippen LogP contribution in [0.2, 0.25) is 5.02 Å². The highest BCUT2D eigenvalue weighted by Crippen LogP contribution is 2.35. The summed E-state index contributed by atoms with van der Waals surface area (Å²) >= 11 is 10.8. The van der Waals surface area contributed by atoms with Gasteiger partial charge < -0.3 is 10.2 Å². The Labute approximate surface area is 194 Å². The number of nitrogens with one attached hydrogen (secondary N) is 1. The van der Waals surface area contributed by atoms with Crippen LogP contribution in [0.5, 0.6) is 0 Å². The average molecular weight is 506 g/mol. The molecule has 30 heavy (non-hydrogen) atoms. The predicted octanol–water partition coefficient (Wildman–Crippen LogP) is 5.10. The van der Waals surface area contributed by atoms with E-state index in [9.17, 15) is 4.79 Å². The maximum atomic E-state index is 12.5. The molecule has 1 amide bonds. The van der Waals surface area contributed by atoms with E-state index in [4.69, 9.17) is 21.6 Å². The third kappa shape index (κ3) is 5.14. The van der Waals surface area contributed by atoms with Crippen molar-refractivity contribution < 1.29 is 4.79 Å². The molecule has 2 aromatic carbocycles. The summed E-state index contributed by atoms with van der Waals surface area (Å²) in [6, 6.07) is 15.2. The van der Waals surface area contributed by atoms with Gasteiger partial charge >= 0.3 is 0 Å². The normalized spacial score (nSPS) is 18.2. The maximum Gasteiger partial charge on any atom is 0.234 e. The van der Waals surface area contributed by atoms with Crippen LogP contribution in [0.15, 0.2) is 63.0 Å². The molecule has 1 N–H and O–H groups in total. The van der Waals surface area contributed by atoms with E-state index in [0.717, 1.165) is 52.4 Å². The highest BCUT2D eigenvalue weighted by atomic mass is 79.9. The number of hydrogen-bond donors (Lipinski definition) is 1. The van der Waals surface area contributed by atoms with Gasteiger partial charge in [-0.1, -0.05) is 51.4 Å². The quantitative estimate of drug-likeness (QED) is 0.629. The Morgan fingerprint density at radius 1 is 1.13 bits per heavy atom. The lowest BCUT2D eigenvalue weighted by Gasteiger charge is -2.33. The van der Waals surface area contributed by atoms with Crippen LogP contribution in [0.3, 0.4) is 0 Å². The zero-order chi connectivity index (χ0) is 21.1. The van der Waals surface area contributed by atoms with Crippen molar-refractivity contribution in [2.24, 2.45) is 9.98 Å². The first-order valence-electron chi connectivity index (χ1n) is 9.75. The molecule has 1 fully saturated rings. The number of carbonyl (C=O) groups excluding carboxylic acids is 1. The standard InChI is InChI=1S/C22H22BrClN4OS/c1-28-12-10-22(11-13-28)26-20(15-2-4-16(23)5-3-15)21(27-22)30-14-19(29)25-18-8-6-17(24)7-9-18/h2-9H,10-14H2,1H3,(H,25,29). The molecule has 2 aromatic rings. The molecule has 0 radical (unpaired) electrons. The summed E-state index contributed by atoms with van der Waals surface area (Å²) in [4.78, 5) is 24.9. The van der Waals surface area contributed by atoms with Crippen LogP contribution in [-0.2, 0) is 4.79 Å². The molecule has 2 aliphatic rings. The third-order valence-corrected chi connectivity index (χ3v) is 6.95. The van der Waals surface area contributed by atoms with Gasteiger partial charge in [-0.2, -0.15) is 0 Å². The van der Waals surface area contributed by atoms with E-state index in [0.29, 0.717) is 5.02 Å². The van der Waals surface area contributed by atoms with Gasteiger partial charge in [-0.15, -0.1) is 0 Å². The number of thioether (sulfide) groups is 1. The lowest BCUT2D eigenvalue weighted by atomic mass is 9.99. The van der Waals surface area contributed by atoms with Gasteiger partial charge in [0.15, 0.2) is 5.66 Å². The highest BCUT2D eigenvalue weighted by Gasteiger charge is 2.39. The van der Waals surface area contributed by atoms with Crippen molar-refractivity contribution in [1.29, 1.82) is 0 Å². The minimum atomic E-state index is -0.399. The minimum absolute atomic E-state index is 0.0792. The zero-order valence-electron chi connectivity index (χ0n) is 16.6. The fourth-order valence-corrected chi connectivity index (χ4v) is 4.75.